The second kappa shape index (κ2) is 4.89. The summed E-state index contributed by atoms with van der Waals surface area (Å²) in [5.74, 6) is -0.208. The molecule has 0 amide bonds. The van der Waals surface area contributed by atoms with Crippen molar-refractivity contribution < 1.29 is 4.39 Å². The maximum absolute atomic E-state index is 12.6. The minimum Gasteiger partial charge on any atom is -0.385 e. The predicted molar refractivity (Wildman–Crippen MR) is 60.7 cm³/mol. The number of halogens is 1. The number of hydrogen-bond acceptors (Lipinski definition) is 3. The van der Waals surface area contributed by atoms with Gasteiger partial charge in [-0.1, -0.05) is 0 Å². The van der Waals surface area contributed by atoms with Crippen LogP contribution in [0, 0.1) is 5.82 Å². The summed E-state index contributed by atoms with van der Waals surface area (Å²) in [5.41, 5.74) is 0.938. The minimum atomic E-state index is -0.208. The van der Waals surface area contributed by atoms with Crippen molar-refractivity contribution in [1.29, 1.82) is 0 Å². The highest BCUT2D eigenvalue weighted by molar-refractivity contribution is 7.09. The van der Waals surface area contributed by atoms with Crippen LogP contribution in [0.2, 0.25) is 0 Å². The molecule has 0 saturated heterocycles. The van der Waals surface area contributed by atoms with E-state index in [-0.39, 0.29) is 5.82 Å². The number of anilines is 1. The Labute approximate surface area is 91.8 Å². The van der Waals surface area contributed by atoms with Gasteiger partial charge in [0.1, 0.15) is 5.82 Å². The van der Waals surface area contributed by atoms with Crippen molar-refractivity contribution in [1.82, 2.24) is 4.98 Å². The van der Waals surface area contributed by atoms with Crippen LogP contribution in [-0.4, -0.2) is 11.5 Å². The maximum atomic E-state index is 12.6. The first-order chi connectivity index (χ1) is 7.34. The number of thiazole rings is 1. The number of hydrogen-bond donors (Lipinski definition) is 1. The highest BCUT2D eigenvalue weighted by Gasteiger charge is 1.96. The average molecular weight is 222 g/mol. The fourth-order valence-electron chi connectivity index (χ4n) is 1.26. The van der Waals surface area contributed by atoms with Gasteiger partial charge in [-0.3, -0.25) is 0 Å². The molecule has 2 rings (SSSR count). The normalized spacial score (nSPS) is 10.2. The zero-order valence-corrected chi connectivity index (χ0v) is 8.93. The number of rotatable bonds is 4. The topological polar surface area (TPSA) is 24.9 Å². The van der Waals surface area contributed by atoms with Crippen molar-refractivity contribution in [2.45, 2.75) is 6.42 Å². The molecule has 1 heterocycles. The largest absolute Gasteiger partial charge is 0.385 e. The van der Waals surface area contributed by atoms with Gasteiger partial charge in [-0.15, -0.1) is 11.3 Å². The van der Waals surface area contributed by atoms with Crippen LogP contribution < -0.4 is 5.32 Å². The molecule has 78 valence electrons. The van der Waals surface area contributed by atoms with Crippen molar-refractivity contribution in [3.05, 3.63) is 46.7 Å². The molecule has 1 aromatic carbocycles. The molecule has 0 aliphatic carbocycles. The van der Waals surface area contributed by atoms with Gasteiger partial charge in [-0.2, -0.15) is 0 Å². The van der Waals surface area contributed by atoms with Crippen LogP contribution in [-0.2, 0) is 6.42 Å². The van der Waals surface area contributed by atoms with Crippen molar-refractivity contribution in [2.75, 3.05) is 11.9 Å². The first-order valence-electron chi connectivity index (χ1n) is 4.72. The lowest BCUT2D eigenvalue weighted by Gasteiger charge is -2.04. The van der Waals surface area contributed by atoms with Crippen LogP contribution in [0.3, 0.4) is 0 Å². The molecule has 2 aromatic rings. The quantitative estimate of drug-likeness (QED) is 0.860. The first-order valence-corrected chi connectivity index (χ1v) is 5.60. The van der Waals surface area contributed by atoms with Gasteiger partial charge < -0.3 is 5.32 Å². The second-order valence-corrected chi connectivity index (χ2v) is 4.09. The Morgan fingerprint density at radius 2 is 2.07 bits per heavy atom. The summed E-state index contributed by atoms with van der Waals surface area (Å²) in [7, 11) is 0. The van der Waals surface area contributed by atoms with Crippen molar-refractivity contribution >= 4 is 17.0 Å². The SMILES string of the molecule is Fc1ccc(NCCc2nccs2)cc1. The molecule has 0 radical (unpaired) electrons. The van der Waals surface area contributed by atoms with Crippen LogP contribution in [0.4, 0.5) is 10.1 Å². The van der Waals surface area contributed by atoms with Gasteiger partial charge in [0, 0.05) is 30.2 Å². The van der Waals surface area contributed by atoms with Crippen molar-refractivity contribution in [3.8, 4) is 0 Å². The molecule has 0 fully saturated rings. The molecular formula is C11H11FN2S. The monoisotopic (exact) mass is 222 g/mol. The lowest BCUT2D eigenvalue weighted by Crippen LogP contribution is -2.04. The number of aromatic nitrogens is 1. The molecule has 0 spiro atoms. The van der Waals surface area contributed by atoms with E-state index in [1.54, 1.807) is 29.7 Å². The van der Waals surface area contributed by atoms with E-state index in [4.69, 9.17) is 0 Å². The molecule has 0 saturated carbocycles. The Hall–Kier alpha value is -1.42. The highest BCUT2D eigenvalue weighted by atomic mass is 32.1. The molecule has 0 unspecified atom stereocenters. The summed E-state index contributed by atoms with van der Waals surface area (Å²) in [6.07, 6.45) is 2.70. The van der Waals surface area contributed by atoms with Gasteiger partial charge in [0.05, 0.1) is 5.01 Å². The molecule has 0 aliphatic heterocycles. The van der Waals surface area contributed by atoms with Gasteiger partial charge >= 0.3 is 0 Å². The number of benzene rings is 1. The van der Waals surface area contributed by atoms with Gasteiger partial charge in [0.25, 0.3) is 0 Å². The van der Waals surface area contributed by atoms with E-state index >= 15 is 0 Å². The fraction of sp³-hybridized carbons (Fsp3) is 0.182. The van der Waals surface area contributed by atoms with Crippen molar-refractivity contribution in [2.24, 2.45) is 0 Å². The Morgan fingerprint density at radius 1 is 1.27 bits per heavy atom. The molecule has 1 aromatic heterocycles. The summed E-state index contributed by atoms with van der Waals surface area (Å²) >= 11 is 1.65. The molecule has 0 bridgehead atoms. The van der Waals surface area contributed by atoms with E-state index < -0.39 is 0 Å². The summed E-state index contributed by atoms with van der Waals surface area (Å²) in [6.45, 7) is 0.819. The third-order valence-electron chi connectivity index (χ3n) is 2.00. The van der Waals surface area contributed by atoms with E-state index in [2.05, 4.69) is 10.3 Å². The van der Waals surface area contributed by atoms with Crippen LogP contribution in [0.25, 0.3) is 0 Å². The van der Waals surface area contributed by atoms with Gasteiger partial charge in [0.15, 0.2) is 0 Å². The van der Waals surface area contributed by atoms with Crippen LogP contribution in [0.15, 0.2) is 35.8 Å². The number of nitrogens with zero attached hydrogens (tertiary/aromatic N) is 1. The second-order valence-electron chi connectivity index (χ2n) is 3.11. The average Bonchev–Trinajstić information content (AvgIpc) is 2.74. The smallest absolute Gasteiger partial charge is 0.123 e. The molecule has 1 N–H and O–H groups in total. The van der Waals surface area contributed by atoms with Crippen LogP contribution >= 0.6 is 11.3 Å². The third kappa shape index (κ3) is 3.02. The van der Waals surface area contributed by atoms with Crippen molar-refractivity contribution in [3.63, 3.8) is 0 Å². The lowest BCUT2D eigenvalue weighted by molar-refractivity contribution is 0.628. The Bertz CT molecular complexity index is 397. The summed E-state index contributed by atoms with van der Waals surface area (Å²) in [6, 6.07) is 6.37. The summed E-state index contributed by atoms with van der Waals surface area (Å²) in [5, 5.41) is 6.29. The standard InChI is InChI=1S/C11H11FN2S/c12-9-1-3-10(4-2-9)13-6-5-11-14-7-8-15-11/h1-4,7-8,13H,5-6H2. The summed E-state index contributed by atoms with van der Waals surface area (Å²) < 4.78 is 12.6. The van der Waals surface area contributed by atoms with Gasteiger partial charge in [-0.05, 0) is 24.3 Å². The predicted octanol–water partition coefficient (Wildman–Crippen LogP) is 2.94. The lowest BCUT2D eigenvalue weighted by atomic mass is 10.3. The fourth-order valence-corrected chi connectivity index (χ4v) is 1.88. The Kier molecular flexibility index (Phi) is 3.29. The molecular weight excluding hydrogens is 211 g/mol. The van der Waals surface area contributed by atoms with E-state index in [0.717, 1.165) is 23.7 Å². The van der Waals surface area contributed by atoms with E-state index in [9.17, 15) is 4.39 Å². The molecule has 4 heteroatoms. The zero-order valence-electron chi connectivity index (χ0n) is 8.11. The Balaban J connectivity index is 1.81. The molecule has 2 nitrogen and oxygen atoms in total. The number of nitrogens with one attached hydrogen (secondary N) is 1. The van der Waals surface area contributed by atoms with Crippen LogP contribution in [0.5, 0.6) is 0 Å². The Morgan fingerprint density at radius 3 is 2.73 bits per heavy atom. The zero-order chi connectivity index (χ0) is 10.5. The van der Waals surface area contributed by atoms with Gasteiger partial charge in [0.2, 0.25) is 0 Å². The minimum absolute atomic E-state index is 0.208. The molecule has 15 heavy (non-hydrogen) atoms. The van der Waals surface area contributed by atoms with E-state index in [1.165, 1.54) is 12.1 Å². The third-order valence-corrected chi connectivity index (χ3v) is 2.84. The maximum Gasteiger partial charge on any atom is 0.123 e. The molecule has 0 aliphatic rings. The first kappa shape index (κ1) is 10.1. The van der Waals surface area contributed by atoms with E-state index in [0.29, 0.717) is 0 Å². The van der Waals surface area contributed by atoms with E-state index in [1.807, 2.05) is 5.38 Å². The van der Waals surface area contributed by atoms with Gasteiger partial charge in [-0.25, -0.2) is 9.37 Å². The highest BCUT2D eigenvalue weighted by Crippen LogP contribution is 2.09. The van der Waals surface area contributed by atoms with Crippen LogP contribution in [0.1, 0.15) is 5.01 Å². The molecule has 0 atom stereocenters. The summed E-state index contributed by atoms with van der Waals surface area (Å²) in [4.78, 5) is 4.18.